The molecule has 0 spiro atoms. The first-order valence-electron chi connectivity index (χ1n) is 12.3. The Hall–Kier alpha value is -3.79. The van der Waals surface area contributed by atoms with E-state index in [1.54, 1.807) is 6.07 Å². The van der Waals surface area contributed by atoms with Crippen LogP contribution in [0, 0.1) is 5.82 Å². The lowest BCUT2D eigenvalue weighted by molar-refractivity contribution is -0.195. The van der Waals surface area contributed by atoms with Gasteiger partial charge in [0.1, 0.15) is 11.9 Å². The topological polar surface area (TPSA) is 143 Å². The summed E-state index contributed by atoms with van der Waals surface area (Å²) in [5, 5.41) is 17.2. The molecule has 0 aliphatic carbocycles. The third kappa shape index (κ3) is 5.45. The van der Waals surface area contributed by atoms with Gasteiger partial charge in [-0.05, 0) is 30.3 Å². The number of nitrogens with two attached hydrogens (primary N) is 1. The van der Waals surface area contributed by atoms with Gasteiger partial charge in [0, 0.05) is 42.6 Å². The predicted molar refractivity (Wildman–Crippen MR) is 133 cm³/mol. The minimum absolute atomic E-state index is 0.0295. The number of aliphatic hydroxyl groups is 1. The highest BCUT2D eigenvalue weighted by molar-refractivity contribution is 6.04. The number of nitrogen functional groups attached to an aromatic ring is 1. The number of halogens is 4. The molecule has 2 aliphatic rings. The molecule has 1 aromatic heterocycles. The largest absolute Gasteiger partial charge is 0.408 e. The van der Waals surface area contributed by atoms with E-state index >= 15 is 0 Å². The van der Waals surface area contributed by atoms with E-state index in [-0.39, 0.29) is 62.2 Å². The van der Waals surface area contributed by atoms with E-state index < -0.39 is 47.6 Å². The molecule has 4 N–H and O–H groups in total. The van der Waals surface area contributed by atoms with Crippen LogP contribution in [-0.2, 0) is 19.1 Å². The average molecular weight is 567 g/mol. The van der Waals surface area contributed by atoms with Crippen molar-refractivity contribution in [3.63, 3.8) is 0 Å². The second kappa shape index (κ2) is 11.0. The summed E-state index contributed by atoms with van der Waals surface area (Å²) in [5.74, 6) is -2.78. The molecule has 2 amide bonds. The van der Waals surface area contributed by atoms with Crippen molar-refractivity contribution >= 4 is 40.0 Å². The van der Waals surface area contributed by atoms with E-state index in [1.807, 2.05) is 0 Å². The van der Waals surface area contributed by atoms with Crippen LogP contribution in [0.4, 0.5) is 34.8 Å². The molecule has 3 aromatic rings. The molecule has 3 heterocycles. The first-order chi connectivity index (χ1) is 19.0. The lowest BCUT2D eigenvalue weighted by Gasteiger charge is -2.37. The fraction of sp³-hybridized carbons (Fsp3) is 0.400. The van der Waals surface area contributed by atoms with Gasteiger partial charge in [-0.15, -0.1) is 0 Å². The maximum Gasteiger partial charge on any atom is 0.408 e. The van der Waals surface area contributed by atoms with Gasteiger partial charge in [-0.2, -0.15) is 13.2 Å². The van der Waals surface area contributed by atoms with Crippen LogP contribution in [0.1, 0.15) is 11.6 Å². The Kier molecular flexibility index (Phi) is 7.63. The highest BCUT2D eigenvalue weighted by Crippen LogP contribution is 2.40. The Morgan fingerprint density at radius 1 is 1.12 bits per heavy atom. The molecular formula is C25H25F4N5O6. The molecule has 214 valence electrons. The highest BCUT2D eigenvalue weighted by atomic mass is 19.4. The van der Waals surface area contributed by atoms with Gasteiger partial charge in [-0.1, -0.05) is 5.16 Å². The number of amides is 2. The predicted octanol–water partition coefficient (Wildman–Crippen LogP) is 2.22. The summed E-state index contributed by atoms with van der Waals surface area (Å²) in [7, 11) is 0. The highest BCUT2D eigenvalue weighted by Gasteiger charge is 2.47. The Labute approximate surface area is 224 Å². The third-order valence-corrected chi connectivity index (χ3v) is 6.75. The van der Waals surface area contributed by atoms with Gasteiger partial charge >= 0.3 is 6.18 Å². The van der Waals surface area contributed by atoms with Gasteiger partial charge in [0.25, 0.3) is 11.8 Å². The van der Waals surface area contributed by atoms with E-state index in [0.717, 1.165) is 28.0 Å². The van der Waals surface area contributed by atoms with E-state index in [1.165, 1.54) is 12.1 Å². The first-order valence-corrected chi connectivity index (χ1v) is 12.3. The number of nitrogens with zero attached hydrogens (tertiary/aromatic N) is 3. The van der Waals surface area contributed by atoms with Crippen molar-refractivity contribution in [1.29, 1.82) is 0 Å². The summed E-state index contributed by atoms with van der Waals surface area (Å²) in [6, 6.07) is 5.19. The SMILES string of the molecule is Nc1noc2cc(NC(=O)[C@H](O)[C@H]3OCCN(c4ccc(F)c(C(N5CCOCC5)C(F)(F)F)c4)C3=O)ccc12. The number of morpholine rings is 2. The zero-order chi connectivity index (χ0) is 28.6. The molecule has 0 bridgehead atoms. The number of fused-ring (bicyclic) bond motifs is 1. The van der Waals surface area contributed by atoms with Gasteiger partial charge in [-0.25, -0.2) is 4.39 Å². The van der Waals surface area contributed by atoms with Crippen LogP contribution in [0.25, 0.3) is 11.0 Å². The van der Waals surface area contributed by atoms with Crippen molar-refractivity contribution in [1.82, 2.24) is 10.1 Å². The van der Waals surface area contributed by atoms with Crippen LogP contribution in [0.5, 0.6) is 0 Å². The summed E-state index contributed by atoms with van der Waals surface area (Å²) < 4.78 is 72.6. The smallest absolute Gasteiger partial charge is 0.380 e. The number of carbonyl (C=O) groups excluding carboxylic acids is 2. The molecule has 2 aromatic carbocycles. The number of hydrogen-bond acceptors (Lipinski definition) is 9. The summed E-state index contributed by atoms with van der Waals surface area (Å²) in [6.45, 7) is -0.194. The molecule has 2 fully saturated rings. The Morgan fingerprint density at radius 3 is 2.60 bits per heavy atom. The maximum absolute atomic E-state index is 14.8. The third-order valence-electron chi connectivity index (χ3n) is 6.75. The number of alkyl halides is 3. The number of benzene rings is 2. The molecular weight excluding hydrogens is 542 g/mol. The molecule has 1 unspecified atom stereocenters. The monoisotopic (exact) mass is 567 g/mol. The molecule has 2 aliphatic heterocycles. The van der Waals surface area contributed by atoms with Gasteiger partial charge in [0.15, 0.2) is 23.6 Å². The standard InChI is InChI=1S/C25H25F4N5O6/c26-17-4-2-14(12-16(17)21(25(27,28)29)33-5-8-38-9-6-33)34-7-10-39-20(24(34)37)19(35)23(36)31-13-1-3-15-18(11-13)40-32-22(15)30/h1-4,11-12,19-21,35H,5-10H2,(H2,30,32)(H,31,36)/t19-,20-,21?/m1/s1. The van der Waals surface area contributed by atoms with Crippen LogP contribution in [0.15, 0.2) is 40.9 Å². The molecule has 40 heavy (non-hydrogen) atoms. The first kappa shape index (κ1) is 27.8. The van der Waals surface area contributed by atoms with Crippen LogP contribution >= 0.6 is 0 Å². The average Bonchev–Trinajstić information content (AvgIpc) is 3.29. The zero-order valence-corrected chi connectivity index (χ0v) is 20.9. The summed E-state index contributed by atoms with van der Waals surface area (Å²) >= 11 is 0. The normalized spacial score (nSPS) is 20.5. The maximum atomic E-state index is 14.8. The van der Waals surface area contributed by atoms with Crippen molar-refractivity contribution in [2.45, 2.75) is 24.4 Å². The molecule has 2 saturated heterocycles. The summed E-state index contributed by atoms with van der Waals surface area (Å²) in [5.41, 5.74) is 5.49. The Morgan fingerprint density at radius 2 is 1.88 bits per heavy atom. The van der Waals surface area contributed by atoms with Gasteiger partial charge in [0.05, 0.1) is 25.2 Å². The van der Waals surface area contributed by atoms with Crippen LogP contribution in [-0.4, -0.2) is 84.8 Å². The van der Waals surface area contributed by atoms with Gasteiger partial charge in [-0.3, -0.25) is 14.5 Å². The molecule has 15 heteroatoms. The fourth-order valence-electron chi connectivity index (χ4n) is 4.80. The summed E-state index contributed by atoms with van der Waals surface area (Å²) in [6.07, 6.45) is -8.44. The van der Waals surface area contributed by atoms with E-state index in [0.29, 0.717) is 5.39 Å². The number of anilines is 3. The zero-order valence-electron chi connectivity index (χ0n) is 20.9. The van der Waals surface area contributed by atoms with Gasteiger partial charge in [0.2, 0.25) is 0 Å². The van der Waals surface area contributed by atoms with Crippen molar-refractivity contribution < 1.29 is 46.3 Å². The Bertz CT molecular complexity index is 1410. The van der Waals surface area contributed by atoms with Crippen molar-refractivity contribution in [3.8, 4) is 0 Å². The minimum atomic E-state index is -4.80. The second-order valence-electron chi connectivity index (χ2n) is 9.29. The molecule has 0 radical (unpaired) electrons. The lowest BCUT2D eigenvalue weighted by atomic mass is 10.0. The number of carbonyl (C=O) groups is 2. The number of aliphatic hydroxyl groups excluding tert-OH is 1. The van der Waals surface area contributed by atoms with E-state index in [4.69, 9.17) is 19.7 Å². The molecule has 3 atom stereocenters. The van der Waals surface area contributed by atoms with Gasteiger partial charge < -0.3 is 35.1 Å². The van der Waals surface area contributed by atoms with Crippen LogP contribution < -0.4 is 16.0 Å². The summed E-state index contributed by atoms with van der Waals surface area (Å²) in [4.78, 5) is 28.1. The fourth-order valence-corrected chi connectivity index (χ4v) is 4.80. The minimum Gasteiger partial charge on any atom is -0.380 e. The number of rotatable bonds is 6. The van der Waals surface area contributed by atoms with Crippen molar-refractivity contribution in [2.24, 2.45) is 0 Å². The number of aromatic nitrogens is 1. The second-order valence-corrected chi connectivity index (χ2v) is 9.29. The van der Waals surface area contributed by atoms with Crippen LogP contribution in [0.3, 0.4) is 0 Å². The van der Waals surface area contributed by atoms with Crippen molar-refractivity contribution in [3.05, 3.63) is 47.8 Å². The van der Waals surface area contributed by atoms with Crippen LogP contribution in [0.2, 0.25) is 0 Å². The number of nitrogens with one attached hydrogen (secondary N) is 1. The number of ether oxygens (including phenoxy) is 2. The Balaban J connectivity index is 1.35. The molecule has 11 nitrogen and oxygen atoms in total. The molecule has 0 saturated carbocycles. The number of hydrogen-bond donors (Lipinski definition) is 3. The lowest BCUT2D eigenvalue weighted by Crippen LogP contribution is -2.55. The quantitative estimate of drug-likeness (QED) is 0.382. The van der Waals surface area contributed by atoms with E-state index in [2.05, 4.69) is 10.5 Å². The molecule has 5 rings (SSSR count). The van der Waals surface area contributed by atoms with Crippen molar-refractivity contribution in [2.75, 3.05) is 55.4 Å². The van der Waals surface area contributed by atoms with E-state index in [9.17, 15) is 32.3 Å².